The summed E-state index contributed by atoms with van der Waals surface area (Å²) in [4.78, 5) is 9.60. The van der Waals surface area contributed by atoms with E-state index in [-0.39, 0.29) is 4.90 Å². The zero-order valence-electron chi connectivity index (χ0n) is 16.8. The van der Waals surface area contributed by atoms with Gasteiger partial charge in [-0.05, 0) is 56.7 Å². The lowest BCUT2D eigenvalue weighted by Gasteiger charge is -2.29. The second kappa shape index (κ2) is 8.10. The Kier molecular flexibility index (Phi) is 5.78. The van der Waals surface area contributed by atoms with Crippen LogP contribution in [-0.2, 0) is 10.0 Å². The van der Waals surface area contributed by atoms with Gasteiger partial charge in [0, 0.05) is 28.7 Å². The van der Waals surface area contributed by atoms with Crippen LogP contribution in [0.15, 0.2) is 46.5 Å². The van der Waals surface area contributed by atoms with E-state index in [0.29, 0.717) is 11.7 Å². The predicted octanol–water partition coefficient (Wildman–Crippen LogP) is 4.77. The lowest BCUT2D eigenvalue weighted by molar-refractivity contribution is -0.147. The third-order valence-electron chi connectivity index (χ3n) is 5.46. The number of hydrogen-bond acceptors (Lipinski definition) is 5. The molecule has 0 aliphatic heterocycles. The largest absolute Gasteiger partial charge is 0.404 e. The van der Waals surface area contributed by atoms with Crippen LogP contribution in [0.3, 0.4) is 0 Å². The molecule has 166 valence electrons. The Labute approximate surface area is 182 Å². The first-order valence-electron chi connectivity index (χ1n) is 9.70. The van der Waals surface area contributed by atoms with E-state index in [4.69, 9.17) is 0 Å². The Bertz CT molecular complexity index is 1200. The Morgan fingerprint density at radius 2 is 1.94 bits per heavy atom. The van der Waals surface area contributed by atoms with Crippen molar-refractivity contribution in [2.45, 2.75) is 54.2 Å². The fraction of sp³-hybridized carbons (Fsp3) is 0.400. The van der Waals surface area contributed by atoms with Gasteiger partial charge >= 0.3 is 6.18 Å². The van der Waals surface area contributed by atoms with Gasteiger partial charge in [0.15, 0.2) is 0 Å². The van der Waals surface area contributed by atoms with Crippen LogP contribution in [0.4, 0.5) is 13.2 Å². The van der Waals surface area contributed by atoms with Crippen LogP contribution in [0.2, 0.25) is 0 Å². The van der Waals surface area contributed by atoms with Gasteiger partial charge in [0.2, 0.25) is 10.0 Å². The summed E-state index contributed by atoms with van der Waals surface area (Å²) in [5, 5.41) is 0.966. The number of fused-ring (bicyclic) bond motifs is 1. The van der Waals surface area contributed by atoms with Gasteiger partial charge in [0.25, 0.3) is 0 Å². The van der Waals surface area contributed by atoms with Gasteiger partial charge in [-0.25, -0.2) is 13.4 Å². The molecule has 0 unspecified atom stereocenters. The van der Waals surface area contributed by atoms with Crippen molar-refractivity contribution in [2.75, 3.05) is 6.26 Å². The summed E-state index contributed by atoms with van der Waals surface area (Å²) in [5.41, 5.74) is 2.20. The molecule has 31 heavy (non-hydrogen) atoms. The molecule has 6 nitrogen and oxygen atoms in total. The molecule has 1 fully saturated rings. The Morgan fingerprint density at radius 1 is 1.19 bits per heavy atom. The first kappa shape index (κ1) is 22.1. The average molecular weight is 471 g/mol. The minimum absolute atomic E-state index is 0.291. The van der Waals surface area contributed by atoms with Crippen molar-refractivity contribution < 1.29 is 21.6 Å². The summed E-state index contributed by atoms with van der Waals surface area (Å²) in [5.74, 6) is 0. The molecule has 4 rings (SSSR count). The summed E-state index contributed by atoms with van der Waals surface area (Å²) in [7, 11) is -4.35. The van der Waals surface area contributed by atoms with Gasteiger partial charge in [0.1, 0.15) is 16.6 Å². The minimum Gasteiger partial charge on any atom is -0.321 e. The van der Waals surface area contributed by atoms with E-state index in [1.54, 1.807) is 16.5 Å². The Morgan fingerprint density at radius 3 is 2.48 bits per heavy atom. The van der Waals surface area contributed by atoms with Crippen LogP contribution in [0.1, 0.15) is 32.2 Å². The Hall–Kier alpha value is -2.11. The highest BCUT2D eigenvalue weighted by Gasteiger charge is 2.39. The van der Waals surface area contributed by atoms with Crippen LogP contribution in [0.25, 0.3) is 22.4 Å². The van der Waals surface area contributed by atoms with Crippen LogP contribution in [0.5, 0.6) is 0 Å². The molecule has 1 aliphatic rings. The minimum atomic E-state index is -4.67. The lowest BCUT2D eigenvalue weighted by Crippen LogP contribution is -2.42. The van der Waals surface area contributed by atoms with Gasteiger partial charge in [0.05, 0.1) is 11.4 Å². The Balaban J connectivity index is 1.70. The molecule has 1 saturated carbocycles. The second-order valence-corrected chi connectivity index (χ2v) is 10.1. The normalized spacial score (nSPS) is 16.4. The maximum Gasteiger partial charge on any atom is 0.404 e. The van der Waals surface area contributed by atoms with E-state index < -0.39 is 22.2 Å². The molecule has 0 bridgehead atoms. The predicted molar refractivity (Wildman–Crippen MR) is 113 cm³/mol. The number of pyridine rings is 2. The van der Waals surface area contributed by atoms with Crippen LogP contribution in [-0.4, -0.2) is 41.4 Å². The molecule has 3 aromatic heterocycles. The highest BCUT2D eigenvalue weighted by Crippen LogP contribution is 2.39. The number of alkyl halides is 3. The van der Waals surface area contributed by atoms with Crippen molar-refractivity contribution in [3.63, 3.8) is 0 Å². The van der Waals surface area contributed by atoms with Crippen molar-refractivity contribution >= 4 is 32.8 Å². The van der Waals surface area contributed by atoms with E-state index in [2.05, 4.69) is 14.5 Å². The van der Waals surface area contributed by atoms with Crippen molar-refractivity contribution in [2.24, 2.45) is 0 Å². The summed E-state index contributed by atoms with van der Waals surface area (Å²) in [6, 6.07) is 4.91. The third-order valence-corrected chi connectivity index (χ3v) is 7.68. The average Bonchev–Trinajstić information content (AvgIpc) is 3.04. The van der Waals surface area contributed by atoms with E-state index >= 15 is 0 Å². The summed E-state index contributed by atoms with van der Waals surface area (Å²) < 4.78 is 66.6. The van der Waals surface area contributed by atoms with Crippen LogP contribution < -0.4 is 4.72 Å². The highest BCUT2D eigenvalue weighted by atomic mass is 32.2. The fourth-order valence-electron chi connectivity index (χ4n) is 3.47. The third kappa shape index (κ3) is 4.31. The zero-order valence-corrected chi connectivity index (χ0v) is 18.5. The summed E-state index contributed by atoms with van der Waals surface area (Å²) in [6.45, 7) is 0.756. The number of aromatic nitrogens is 3. The molecule has 1 N–H and O–H groups in total. The quantitative estimate of drug-likeness (QED) is 0.525. The maximum atomic E-state index is 12.7. The maximum absolute atomic E-state index is 12.7. The molecular formula is C20H21F3N4O2S2. The monoisotopic (exact) mass is 470 g/mol. The number of hydrogen-bond donors (Lipinski definition) is 1. The van der Waals surface area contributed by atoms with Crippen LogP contribution >= 0.6 is 11.8 Å². The summed E-state index contributed by atoms with van der Waals surface area (Å²) >= 11 is 1.59. The second-order valence-electron chi connectivity index (χ2n) is 7.54. The SMILES string of the molecule is CSc1cnc2c(c1)cc(-c1ccc(S(=O)(=O)N[C@@H](C)C(F)(F)F)cn1)n2C1CCC1. The number of sulfonamides is 1. The number of nitrogens with zero attached hydrogens (tertiary/aromatic N) is 3. The van der Waals surface area contributed by atoms with Crippen molar-refractivity contribution in [3.05, 3.63) is 36.7 Å². The van der Waals surface area contributed by atoms with E-state index in [0.717, 1.165) is 54.0 Å². The molecule has 0 radical (unpaired) electrons. The molecule has 0 aromatic carbocycles. The molecule has 1 atom stereocenters. The molecule has 1 aliphatic carbocycles. The zero-order chi connectivity index (χ0) is 22.4. The number of rotatable bonds is 6. The molecule has 0 spiro atoms. The van der Waals surface area contributed by atoms with Crippen molar-refractivity contribution in [3.8, 4) is 11.4 Å². The molecule has 0 amide bonds. The number of halogens is 3. The topological polar surface area (TPSA) is 76.9 Å². The number of thioether (sulfide) groups is 1. The van der Waals surface area contributed by atoms with E-state index in [9.17, 15) is 21.6 Å². The first-order chi connectivity index (χ1) is 14.6. The van der Waals surface area contributed by atoms with Gasteiger partial charge in [-0.1, -0.05) is 0 Å². The van der Waals surface area contributed by atoms with Gasteiger partial charge in [-0.2, -0.15) is 17.9 Å². The molecule has 3 aromatic rings. The first-order valence-corrected chi connectivity index (χ1v) is 12.4. The smallest absolute Gasteiger partial charge is 0.321 e. The fourth-order valence-corrected chi connectivity index (χ4v) is 5.05. The summed E-state index contributed by atoms with van der Waals surface area (Å²) in [6.07, 6.45) is 3.38. The molecular weight excluding hydrogens is 449 g/mol. The molecule has 0 saturated heterocycles. The van der Waals surface area contributed by atoms with Crippen LogP contribution in [0, 0.1) is 0 Å². The van der Waals surface area contributed by atoms with Gasteiger partial charge in [-0.3, -0.25) is 4.98 Å². The van der Waals surface area contributed by atoms with E-state index in [1.165, 1.54) is 12.1 Å². The van der Waals surface area contributed by atoms with Crippen molar-refractivity contribution in [1.29, 1.82) is 0 Å². The molecule has 3 heterocycles. The molecule has 11 heteroatoms. The number of nitrogens with one attached hydrogen (secondary N) is 1. The van der Waals surface area contributed by atoms with Gasteiger partial charge < -0.3 is 4.57 Å². The van der Waals surface area contributed by atoms with Crippen molar-refractivity contribution in [1.82, 2.24) is 19.3 Å². The van der Waals surface area contributed by atoms with Gasteiger partial charge in [-0.15, -0.1) is 11.8 Å². The lowest BCUT2D eigenvalue weighted by atomic mass is 9.92. The van der Waals surface area contributed by atoms with E-state index in [1.807, 2.05) is 24.6 Å². The standard InChI is InChI=1S/C20H21F3N4O2S2/c1-12(20(21,22)23)26-31(28,29)16-6-7-17(24-11-16)18-9-13-8-15(30-2)10-25-19(13)27(18)14-4-3-5-14/h6-12,14,26H,3-5H2,1-2H3/t12-/m0/s1. The highest BCUT2D eigenvalue weighted by molar-refractivity contribution is 7.98.